The zero-order valence-corrected chi connectivity index (χ0v) is 7.48. The number of alkyl halides is 1. The molecular formula is C5H6BrN3O3. The molecule has 1 aromatic heterocycles. The minimum Gasteiger partial charge on any atom is -0.386 e. The molecule has 0 saturated carbocycles. The van der Waals surface area contributed by atoms with Crippen molar-refractivity contribution >= 4 is 21.7 Å². The monoisotopic (exact) mass is 235 g/mol. The summed E-state index contributed by atoms with van der Waals surface area (Å²) in [6.07, 6.45) is -0.810. The average molecular weight is 236 g/mol. The number of rotatable bonds is 3. The van der Waals surface area contributed by atoms with Crippen molar-refractivity contribution in [2.75, 3.05) is 5.33 Å². The van der Waals surface area contributed by atoms with Crippen molar-refractivity contribution in [2.45, 2.75) is 6.10 Å². The molecule has 1 heterocycles. The maximum Gasteiger partial charge on any atom is 0.342 e. The van der Waals surface area contributed by atoms with Gasteiger partial charge in [0.2, 0.25) is 0 Å². The third kappa shape index (κ3) is 1.80. The minimum absolute atomic E-state index is 0.218. The standard InChI is InChI=1S/C5H6BrN3O3/c6-2-4(10)3-1-5(8-7-3)9(11)12/h1,4,10H,2H2,(H,7,8). The molecule has 1 atom stereocenters. The summed E-state index contributed by atoms with van der Waals surface area (Å²) in [5.41, 5.74) is 0.263. The van der Waals surface area contributed by atoms with E-state index < -0.39 is 11.0 Å². The molecule has 0 radical (unpaired) electrons. The van der Waals surface area contributed by atoms with Gasteiger partial charge >= 0.3 is 5.82 Å². The molecular weight excluding hydrogens is 230 g/mol. The predicted molar refractivity (Wildman–Crippen MR) is 44.0 cm³/mol. The van der Waals surface area contributed by atoms with Gasteiger partial charge in [0, 0.05) is 5.33 Å². The summed E-state index contributed by atoms with van der Waals surface area (Å²) in [6, 6.07) is 1.20. The zero-order valence-electron chi connectivity index (χ0n) is 5.90. The van der Waals surface area contributed by atoms with E-state index >= 15 is 0 Å². The van der Waals surface area contributed by atoms with Crippen LogP contribution in [0.2, 0.25) is 0 Å². The van der Waals surface area contributed by atoms with Crippen LogP contribution in [0.15, 0.2) is 6.07 Å². The second-order valence-corrected chi connectivity index (χ2v) is 2.75. The van der Waals surface area contributed by atoms with Crippen LogP contribution in [0.1, 0.15) is 11.8 Å². The number of hydrogen-bond donors (Lipinski definition) is 2. The summed E-state index contributed by atoms with van der Waals surface area (Å²) in [5.74, 6) is -0.218. The van der Waals surface area contributed by atoms with Crippen molar-refractivity contribution in [3.63, 3.8) is 0 Å². The highest BCUT2D eigenvalue weighted by molar-refractivity contribution is 9.09. The van der Waals surface area contributed by atoms with Crippen LogP contribution in [-0.2, 0) is 0 Å². The topological polar surface area (TPSA) is 92.1 Å². The highest BCUT2D eigenvalue weighted by Gasteiger charge is 2.15. The van der Waals surface area contributed by atoms with Gasteiger partial charge in [0.1, 0.15) is 11.8 Å². The van der Waals surface area contributed by atoms with E-state index in [4.69, 9.17) is 0 Å². The van der Waals surface area contributed by atoms with Crippen LogP contribution in [0.4, 0.5) is 5.82 Å². The fraction of sp³-hybridized carbons (Fsp3) is 0.400. The molecule has 2 N–H and O–H groups in total. The Morgan fingerprint density at radius 3 is 3.00 bits per heavy atom. The fourth-order valence-corrected chi connectivity index (χ4v) is 1.00. The van der Waals surface area contributed by atoms with Crippen LogP contribution in [0.3, 0.4) is 0 Å². The molecule has 1 rings (SSSR count). The lowest BCUT2D eigenvalue weighted by molar-refractivity contribution is -0.389. The number of nitrogens with one attached hydrogen (secondary N) is 1. The molecule has 1 unspecified atom stereocenters. The molecule has 0 bridgehead atoms. The Kier molecular flexibility index (Phi) is 2.77. The van der Waals surface area contributed by atoms with Crippen molar-refractivity contribution in [1.82, 2.24) is 10.2 Å². The van der Waals surface area contributed by atoms with Crippen LogP contribution in [0, 0.1) is 10.1 Å². The number of nitro groups is 1. The number of halogens is 1. The number of H-pyrrole nitrogens is 1. The van der Waals surface area contributed by atoms with Gasteiger partial charge in [-0.2, -0.15) is 0 Å². The van der Waals surface area contributed by atoms with Crippen molar-refractivity contribution in [3.05, 3.63) is 21.9 Å². The number of aromatic amines is 1. The van der Waals surface area contributed by atoms with Crippen LogP contribution < -0.4 is 0 Å². The Hall–Kier alpha value is -0.950. The molecule has 1 aromatic rings. The van der Waals surface area contributed by atoms with Crippen molar-refractivity contribution in [3.8, 4) is 0 Å². The largest absolute Gasteiger partial charge is 0.386 e. The van der Waals surface area contributed by atoms with E-state index in [1.807, 2.05) is 0 Å². The molecule has 12 heavy (non-hydrogen) atoms. The van der Waals surface area contributed by atoms with Crippen LogP contribution in [0.5, 0.6) is 0 Å². The molecule has 6 nitrogen and oxygen atoms in total. The summed E-state index contributed by atoms with van der Waals surface area (Å²) < 4.78 is 0. The summed E-state index contributed by atoms with van der Waals surface area (Å²) in [4.78, 5) is 9.57. The normalized spacial score (nSPS) is 12.8. The Bertz CT molecular complexity index is 287. The van der Waals surface area contributed by atoms with Gasteiger partial charge in [-0.05, 0) is 4.92 Å². The Morgan fingerprint density at radius 2 is 2.58 bits per heavy atom. The summed E-state index contributed by atoms with van der Waals surface area (Å²) in [7, 11) is 0. The van der Waals surface area contributed by atoms with Gasteiger partial charge in [0.15, 0.2) is 0 Å². The van der Waals surface area contributed by atoms with Crippen LogP contribution in [0.25, 0.3) is 0 Å². The van der Waals surface area contributed by atoms with Crippen molar-refractivity contribution in [2.24, 2.45) is 0 Å². The lowest BCUT2D eigenvalue weighted by Crippen LogP contribution is -1.97. The molecule has 0 aromatic carbocycles. The molecule has 0 aliphatic carbocycles. The van der Waals surface area contributed by atoms with Crippen LogP contribution >= 0.6 is 15.9 Å². The quantitative estimate of drug-likeness (QED) is 0.460. The number of nitrogens with zero attached hydrogens (tertiary/aromatic N) is 2. The van der Waals surface area contributed by atoms with E-state index in [1.165, 1.54) is 6.07 Å². The second-order valence-electron chi connectivity index (χ2n) is 2.11. The van der Waals surface area contributed by atoms with Crippen molar-refractivity contribution in [1.29, 1.82) is 0 Å². The molecule has 7 heteroatoms. The van der Waals surface area contributed by atoms with E-state index in [9.17, 15) is 15.2 Å². The SMILES string of the molecule is O=[N+]([O-])c1cc(C(O)CBr)n[nH]1. The first-order chi connectivity index (χ1) is 5.65. The van der Waals surface area contributed by atoms with Crippen molar-refractivity contribution < 1.29 is 10.0 Å². The highest BCUT2D eigenvalue weighted by Crippen LogP contribution is 2.16. The van der Waals surface area contributed by atoms with E-state index in [2.05, 4.69) is 26.1 Å². The molecule has 0 saturated heterocycles. The first-order valence-corrected chi connectivity index (χ1v) is 4.21. The maximum absolute atomic E-state index is 10.2. The summed E-state index contributed by atoms with van der Waals surface area (Å²) in [6.45, 7) is 0. The average Bonchev–Trinajstić information content (AvgIpc) is 2.51. The number of aromatic nitrogens is 2. The van der Waals surface area contributed by atoms with Gasteiger partial charge in [0.25, 0.3) is 0 Å². The van der Waals surface area contributed by atoms with Gasteiger partial charge in [-0.15, -0.1) is 5.10 Å². The molecule has 0 amide bonds. The Morgan fingerprint density at radius 1 is 1.92 bits per heavy atom. The minimum atomic E-state index is -0.810. The van der Waals surface area contributed by atoms with E-state index in [0.717, 1.165) is 0 Å². The number of hydrogen-bond acceptors (Lipinski definition) is 4. The molecule has 66 valence electrons. The second kappa shape index (κ2) is 3.63. The number of aliphatic hydroxyl groups is 1. The summed E-state index contributed by atoms with van der Waals surface area (Å²) >= 11 is 3.02. The Labute approximate surface area is 75.9 Å². The third-order valence-electron chi connectivity index (χ3n) is 1.27. The van der Waals surface area contributed by atoms with Gasteiger partial charge < -0.3 is 15.2 Å². The van der Waals surface area contributed by atoms with Gasteiger partial charge in [-0.25, -0.2) is 0 Å². The molecule has 0 aliphatic rings. The molecule has 0 spiro atoms. The highest BCUT2D eigenvalue weighted by atomic mass is 79.9. The van der Waals surface area contributed by atoms with E-state index in [-0.39, 0.29) is 11.5 Å². The number of aliphatic hydroxyl groups excluding tert-OH is 1. The maximum atomic E-state index is 10.2. The Balaban J connectivity index is 2.84. The smallest absolute Gasteiger partial charge is 0.342 e. The van der Waals surface area contributed by atoms with Gasteiger partial charge in [-0.1, -0.05) is 21.0 Å². The fourth-order valence-electron chi connectivity index (χ4n) is 0.670. The lowest BCUT2D eigenvalue weighted by Gasteiger charge is -1.97. The molecule has 0 fully saturated rings. The summed E-state index contributed by atoms with van der Waals surface area (Å²) in [5, 5.41) is 25.4. The van der Waals surface area contributed by atoms with Gasteiger partial charge in [-0.3, -0.25) is 0 Å². The van der Waals surface area contributed by atoms with Crippen LogP contribution in [-0.4, -0.2) is 25.6 Å². The lowest BCUT2D eigenvalue weighted by atomic mass is 10.3. The first-order valence-electron chi connectivity index (χ1n) is 3.09. The van der Waals surface area contributed by atoms with Gasteiger partial charge in [0.05, 0.1) is 6.07 Å². The first kappa shape index (κ1) is 9.14. The van der Waals surface area contributed by atoms with E-state index in [0.29, 0.717) is 5.33 Å². The zero-order chi connectivity index (χ0) is 9.14. The predicted octanol–water partition coefficient (Wildman–Crippen LogP) is 0.746. The third-order valence-corrected chi connectivity index (χ3v) is 1.88. The van der Waals surface area contributed by atoms with E-state index in [1.54, 1.807) is 0 Å². The molecule has 0 aliphatic heterocycles.